The second-order valence-electron chi connectivity index (χ2n) is 5.15. The Kier molecular flexibility index (Phi) is 5.27. The first-order valence-corrected chi connectivity index (χ1v) is 8.82. The maximum Gasteiger partial charge on any atom is 0.270 e. The van der Waals surface area contributed by atoms with Crippen LogP contribution in [0.3, 0.4) is 0 Å². The largest absolute Gasteiger partial charge is 0.494 e. The van der Waals surface area contributed by atoms with Crippen molar-refractivity contribution in [2.24, 2.45) is 0 Å². The average molecular weight is 356 g/mol. The van der Waals surface area contributed by atoms with Crippen LogP contribution in [0.1, 0.15) is 18.9 Å². The highest BCUT2D eigenvalue weighted by Crippen LogP contribution is 2.35. The lowest BCUT2D eigenvalue weighted by atomic mass is 10.2. The summed E-state index contributed by atoms with van der Waals surface area (Å²) in [6.45, 7) is 2.77. The van der Waals surface area contributed by atoms with Gasteiger partial charge in [0, 0.05) is 6.20 Å². The zero-order valence-electron chi connectivity index (χ0n) is 13.1. The molecule has 2 heterocycles. The molecule has 0 N–H and O–H groups in total. The monoisotopic (exact) mass is 356 g/mol. The summed E-state index contributed by atoms with van der Waals surface area (Å²) < 4.78 is 6.08. The van der Waals surface area contributed by atoms with E-state index in [1.54, 1.807) is 18.5 Å². The van der Waals surface area contributed by atoms with Crippen molar-refractivity contribution in [2.45, 2.75) is 13.3 Å². The summed E-state index contributed by atoms with van der Waals surface area (Å²) in [5.74, 6) is 0.709. The van der Waals surface area contributed by atoms with E-state index in [0.29, 0.717) is 21.5 Å². The summed E-state index contributed by atoms with van der Waals surface area (Å²) in [6.07, 6.45) is 6.12. The van der Waals surface area contributed by atoms with E-state index in [2.05, 4.69) is 11.9 Å². The van der Waals surface area contributed by atoms with Crippen LogP contribution in [0.15, 0.2) is 53.7 Å². The number of amides is 1. The average Bonchev–Trinajstić information content (AvgIpc) is 2.88. The van der Waals surface area contributed by atoms with Crippen LogP contribution in [0.5, 0.6) is 5.75 Å². The number of aromatic nitrogens is 1. The van der Waals surface area contributed by atoms with Crippen LogP contribution in [-0.4, -0.2) is 21.8 Å². The Labute approximate surface area is 150 Å². The Bertz CT molecular complexity index is 773. The molecule has 122 valence electrons. The third-order valence-corrected chi connectivity index (χ3v) is 4.65. The molecule has 3 rings (SSSR count). The lowest BCUT2D eigenvalue weighted by Crippen LogP contribution is -2.27. The number of hydrogen-bond acceptors (Lipinski definition) is 5. The molecule has 1 aromatic heterocycles. The molecule has 2 aromatic rings. The lowest BCUT2D eigenvalue weighted by molar-refractivity contribution is -0.113. The van der Waals surface area contributed by atoms with Crippen LogP contribution in [0.25, 0.3) is 6.08 Å². The molecule has 0 spiro atoms. The molecule has 4 nitrogen and oxygen atoms in total. The fourth-order valence-corrected chi connectivity index (χ4v) is 3.51. The van der Waals surface area contributed by atoms with Gasteiger partial charge in [-0.2, -0.15) is 0 Å². The molecule has 0 atom stereocenters. The van der Waals surface area contributed by atoms with Gasteiger partial charge in [-0.15, -0.1) is 0 Å². The predicted molar refractivity (Wildman–Crippen MR) is 102 cm³/mol. The van der Waals surface area contributed by atoms with Gasteiger partial charge in [0.25, 0.3) is 5.91 Å². The summed E-state index contributed by atoms with van der Waals surface area (Å²) in [7, 11) is 0. The minimum Gasteiger partial charge on any atom is -0.494 e. The van der Waals surface area contributed by atoms with E-state index in [1.807, 2.05) is 36.4 Å². The first kappa shape index (κ1) is 16.7. The molecular weight excluding hydrogens is 340 g/mol. The lowest BCUT2D eigenvalue weighted by Gasteiger charge is -2.13. The highest BCUT2D eigenvalue weighted by atomic mass is 32.2. The topological polar surface area (TPSA) is 42.4 Å². The van der Waals surface area contributed by atoms with Gasteiger partial charge in [0.05, 0.1) is 23.4 Å². The molecule has 0 saturated carbocycles. The molecule has 1 fully saturated rings. The Balaban J connectivity index is 1.79. The Hall–Kier alpha value is -2.18. The highest BCUT2D eigenvalue weighted by molar-refractivity contribution is 8.27. The number of hydrogen-bond donors (Lipinski definition) is 0. The molecule has 24 heavy (non-hydrogen) atoms. The standard InChI is InChI=1S/C18H16N2O2S2/c1-2-10-22-15-7-5-13(6-8-15)11-16-17(21)20(18(23)24-16)14-4-3-9-19-12-14/h3-9,11-12H,2,10H2,1H3/b16-11-. The molecule has 1 saturated heterocycles. The van der Waals surface area contributed by atoms with Crippen LogP contribution in [-0.2, 0) is 4.79 Å². The van der Waals surface area contributed by atoms with Gasteiger partial charge >= 0.3 is 0 Å². The first-order chi connectivity index (χ1) is 11.7. The maximum absolute atomic E-state index is 12.6. The molecule has 0 aliphatic carbocycles. The number of thioether (sulfide) groups is 1. The van der Waals surface area contributed by atoms with Gasteiger partial charge in [0.15, 0.2) is 4.32 Å². The number of thiocarbonyl (C=S) groups is 1. The number of carbonyl (C=O) groups excluding carboxylic acids is 1. The van der Waals surface area contributed by atoms with Crippen molar-refractivity contribution in [3.8, 4) is 5.75 Å². The van der Waals surface area contributed by atoms with Crippen LogP contribution >= 0.6 is 24.0 Å². The molecule has 1 aromatic carbocycles. The molecule has 0 radical (unpaired) electrons. The van der Waals surface area contributed by atoms with Crippen molar-refractivity contribution in [3.63, 3.8) is 0 Å². The van der Waals surface area contributed by atoms with Crippen molar-refractivity contribution >= 4 is 46.0 Å². The molecule has 1 aliphatic heterocycles. The van der Waals surface area contributed by atoms with Crippen LogP contribution in [0, 0.1) is 0 Å². The van der Waals surface area contributed by atoms with Crippen molar-refractivity contribution in [1.82, 2.24) is 4.98 Å². The second-order valence-corrected chi connectivity index (χ2v) is 6.82. The third kappa shape index (κ3) is 3.66. The molecule has 0 bridgehead atoms. The van der Waals surface area contributed by atoms with Crippen molar-refractivity contribution in [2.75, 3.05) is 11.5 Å². The van der Waals surface area contributed by atoms with Crippen molar-refractivity contribution < 1.29 is 9.53 Å². The normalized spacial score (nSPS) is 16.0. The predicted octanol–water partition coefficient (Wildman–Crippen LogP) is 4.28. The number of nitrogens with zero attached hydrogens (tertiary/aromatic N) is 2. The van der Waals surface area contributed by atoms with Gasteiger partial charge in [0.2, 0.25) is 0 Å². The van der Waals surface area contributed by atoms with Gasteiger partial charge < -0.3 is 4.74 Å². The van der Waals surface area contributed by atoms with Gasteiger partial charge in [-0.05, 0) is 42.3 Å². The Morgan fingerprint density at radius 2 is 2.08 bits per heavy atom. The van der Waals surface area contributed by atoms with Crippen molar-refractivity contribution in [1.29, 1.82) is 0 Å². The summed E-state index contributed by atoms with van der Waals surface area (Å²) in [6, 6.07) is 11.3. The quantitative estimate of drug-likeness (QED) is 0.591. The van der Waals surface area contributed by atoms with E-state index in [-0.39, 0.29) is 5.91 Å². The fraction of sp³-hybridized carbons (Fsp3) is 0.167. The summed E-state index contributed by atoms with van der Waals surface area (Å²) in [5.41, 5.74) is 1.62. The van der Waals surface area contributed by atoms with E-state index in [9.17, 15) is 4.79 Å². The van der Waals surface area contributed by atoms with E-state index in [1.165, 1.54) is 16.7 Å². The SMILES string of the molecule is CCCOc1ccc(/C=C2\SC(=S)N(c3cccnc3)C2=O)cc1. The molecular formula is C18H16N2O2S2. The van der Waals surface area contributed by atoms with E-state index >= 15 is 0 Å². The van der Waals surface area contributed by atoms with E-state index < -0.39 is 0 Å². The van der Waals surface area contributed by atoms with Gasteiger partial charge in [-0.1, -0.05) is 43.0 Å². The third-order valence-electron chi connectivity index (χ3n) is 3.35. The van der Waals surface area contributed by atoms with Gasteiger partial charge in [-0.25, -0.2) is 0 Å². The molecule has 1 aliphatic rings. The van der Waals surface area contributed by atoms with Crippen LogP contribution in [0.4, 0.5) is 5.69 Å². The number of carbonyl (C=O) groups is 1. The molecule has 0 unspecified atom stereocenters. The number of anilines is 1. The summed E-state index contributed by atoms with van der Waals surface area (Å²) >= 11 is 6.64. The van der Waals surface area contributed by atoms with Crippen LogP contribution in [0.2, 0.25) is 0 Å². The fourth-order valence-electron chi connectivity index (χ4n) is 2.21. The number of pyridine rings is 1. The van der Waals surface area contributed by atoms with Gasteiger partial charge in [0.1, 0.15) is 5.75 Å². The zero-order chi connectivity index (χ0) is 16.9. The van der Waals surface area contributed by atoms with Crippen LogP contribution < -0.4 is 9.64 Å². The Morgan fingerprint density at radius 3 is 2.75 bits per heavy atom. The Morgan fingerprint density at radius 1 is 1.29 bits per heavy atom. The van der Waals surface area contributed by atoms with E-state index in [4.69, 9.17) is 17.0 Å². The summed E-state index contributed by atoms with van der Waals surface area (Å²) in [5, 5.41) is 0. The zero-order valence-corrected chi connectivity index (χ0v) is 14.8. The second kappa shape index (κ2) is 7.59. The highest BCUT2D eigenvalue weighted by Gasteiger charge is 2.33. The first-order valence-electron chi connectivity index (χ1n) is 7.60. The van der Waals surface area contributed by atoms with Gasteiger partial charge in [-0.3, -0.25) is 14.7 Å². The summed E-state index contributed by atoms with van der Waals surface area (Å²) in [4.78, 5) is 18.8. The molecule has 1 amide bonds. The smallest absolute Gasteiger partial charge is 0.270 e. The van der Waals surface area contributed by atoms with E-state index in [0.717, 1.165) is 17.7 Å². The maximum atomic E-state index is 12.6. The van der Waals surface area contributed by atoms with Crippen molar-refractivity contribution in [3.05, 3.63) is 59.3 Å². The minimum absolute atomic E-state index is 0.121. The molecule has 6 heteroatoms. The minimum atomic E-state index is -0.121. The number of rotatable bonds is 5. The number of benzene rings is 1. The number of ether oxygens (including phenoxy) is 1.